The Hall–Kier alpha value is -3.20. The topological polar surface area (TPSA) is 158 Å². The van der Waals surface area contributed by atoms with Gasteiger partial charge in [-0.25, -0.2) is 4.98 Å². The van der Waals surface area contributed by atoms with Crippen LogP contribution < -0.4 is 5.32 Å². The quantitative estimate of drug-likeness (QED) is 0.380. The van der Waals surface area contributed by atoms with Gasteiger partial charge in [0.15, 0.2) is 11.1 Å². The van der Waals surface area contributed by atoms with Crippen molar-refractivity contribution in [2.75, 3.05) is 0 Å². The summed E-state index contributed by atoms with van der Waals surface area (Å²) in [5.74, 6) is -2.47. The van der Waals surface area contributed by atoms with Crippen molar-refractivity contribution in [3.05, 3.63) is 65.5 Å². The monoisotopic (exact) mass is 471 g/mol. The summed E-state index contributed by atoms with van der Waals surface area (Å²) in [7, 11) is -4.94. The predicted octanol–water partition coefficient (Wildman–Crippen LogP) is 3.18. The molecule has 1 aromatic carbocycles. The van der Waals surface area contributed by atoms with Crippen LogP contribution in [-0.4, -0.2) is 41.0 Å². The van der Waals surface area contributed by atoms with Crippen LogP contribution in [0.5, 0.6) is 5.88 Å². The van der Waals surface area contributed by atoms with Crippen molar-refractivity contribution in [3.63, 3.8) is 0 Å². The number of carbonyl (C=O) groups is 1. The van der Waals surface area contributed by atoms with Crippen molar-refractivity contribution in [1.29, 1.82) is 0 Å². The van der Waals surface area contributed by atoms with Crippen LogP contribution in [0.4, 0.5) is 0 Å². The van der Waals surface area contributed by atoms with Crippen molar-refractivity contribution in [2.45, 2.75) is 38.9 Å². The van der Waals surface area contributed by atoms with Crippen LogP contribution in [0, 0.1) is 5.92 Å². The van der Waals surface area contributed by atoms with Crippen LogP contribution in [0.25, 0.3) is 11.5 Å². The molecule has 3 aromatic rings. The lowest BCUT2D eigenvalue weighted by molar-refractivity contribution is 0.0886. The van der Waals surface area contributed by atoms with Crippen LogP contribution in [0.2, 0.25) is 0 Å². The smallest absolute Gasteiger partial charge is 0.355 e. The van der Waals surface area contributed by atoms with Crippen LogP contribution >= 0.6 is 7.60 Å². The van der Waals surface area contributed by atoms with Crippen molar-refractivity contribution in [3.8, 4) is 17.4 Å². The van der Waals surface area contributed by atoms with Crippen LogP contribution in [0.3, 0.4) is 0 Å². The number of aromatic nitrogens is 4. The van der Waals surface area contributed by atoms with E-state index in [0.29, 0.717) is 5.69 Å². The highest BCUT2D eigenvalue weighted by atomic mass is 31.2. The molecule has 2 heterocycles. The van der Waals surface area contributed by atoms with E-state index in [0.717, 1.165) is 0 Å². The minimum atomic E-state index is -4.94. The third kappa shape index (κ3) is 4.64. The number of hydrogen-bond donors (Lipinski definition) is 4. The molecule has 33 heavy (non-hydrogen) atoms. The predicted molar refractivity (Wildman–Crippen MR) is 121 cm³/mol. The summed E-state index contributed by atoms with van der Waals surface area (Å²) in [5, 5.41) is 18.9. The van der Waals surface area contributed by atoms with Gasteiger partial charge in [-0.05, 0) is 29.5 Å². The highest BCUT2D eigenvalue weighted by Gasteiger charge is 2.52. The summed E-state index contributed by atoms with van der Waals surface area (Å²) in [4.78, 5) is 42.6. The van der Waals surface area contributed by atoms with E-state index in [1.54, 1.807) is 58.0 Å². The second-order valence-electron chi connectivity index (χ2n) is 8.18. The standard InChI is InChI=1S/C22H26N5O5P/c1-13(2)18-17(20(28)25-19(24-18)16-11-8-12-23-27-16)21(29)26-22(14(3)4,33(30,31)32)15-9-6-5-7-10-15/h5-14H,1-4H3,(H,26,29)(H,24,25,28)(H2,30,31,32). The Bertz CT molecular complexity index is 1180. The van der Waals surface area contributed by atoms with Gasteiger partial charge in [0, 0.05) is 6.20 Å². The molecule has 0 fully saturated rings. The zero-order valence-corrected chi connectivity index (χ0v) is 19.6. The van der Waals surface area contributed by atoms with Gasteiger partial charge in [0.1, 0.15) is 11.3 Å². The lowest BCUT2D eigenvalue weighted by Crippen LogP contribution is -2.49. The van der Waals surface area contributed by atoms with Gasteiger partial charge in [0.2, 0.25) is 5.88 Å². The fraction of sp³-hybridized carbons (Fsp3) is 0.318. The van der Waals surface area contributed by atoms with E-state index in [-0.39, 0.29) is 28.6 Å². The number of amides is 1. The van der Waals surface area contributed by atoms with Crippen LogP contribution in [0.1, 0.15) is 55.2 Å². The molecule has 10 nitrogen and oxygen atoms in total. The first-order valence-electron chi connectivity index (χ1n) is 10.3. The summed E-state index contributed by atoms with van der Waals surface area (Å²) in [6.07, 6.45) is 1.48. The Balaban J connectivity index is 2.16. The number of rotatable bonds is 7. The summed E-state index contributed by atoms with van der Waals surface area (Å²) in [6, 6.07) is 11.3. The van der Waals surface area contributed by atoms with E-state index in [1.165, 1.54) is 18.3 Å². The van der Waals surface area contributed by atoms with Gasteiger partial charge in [0.25, 0.3) is 5.91 Å². The second-order valence-corrected chi connectivity index (χ2v) is 9.97. The molecule has 0 aliphatic heterocycles. The van der Waals surface area contributed by atoms with Gasteiger partial charge in [-0.1, -0.05) is 58.0 Å². The number of benzene rings is 1. The number of carbonyl (C=O) groups excluding carboxylic acids is 1. The maximum Gasteiger partial charge on any atom is 0.355 e. The summed E-state index contributed by atoms with van der Waals surface area (Å²) >= 11 is 0. The molecule has 1 unspecified atom stereocenters. The largest absolute Gasteiger partial charge is 0.493 e. The van der Waals surface area contributed by atoms with Crippen LogP contribution in [0.15, 0.2) is 48.7 Å². The number of hydrogen-bond acceptors (Lipinski definition) is 7. The van der Waals surface area contributed by atoms with E-state index in [9.17, 15) is 24.3 Å². The number of aromatic hydroxyl groups is 1. The first-order valence-corrected chi connectivity index (χ1v) is 11.9. The zero-order chi connectivity index (χ0) is 24.4. The molecule has 1 amide bonds. The molecule has 11 heteroatoms. The molecule has 0 saturated carbocycles. The second kappa shape index (κ2) is 9.35. The van der Waals surface area contributed by atoms with E-state index < -0.39 is 30.6 Å². The molecule has 1 atom stereocenters. The fourth-order valence-corrected chi connectivity index (χ4v) is 5.10. The van der Waals surface area contributed by atoms with Gasteiger partial charge >= 0.3 is 7.60 Å². The SMILES string of the molecule is CC(C)c1nc(-c2cccnn2)nc(O)c1C(=O)NC(c1ccccc1)(C(C)C)P(=O)(O)O. The Kier molecular flexibility index (Phi) is 6.92. The maximum absolute atomic E-state index is 13.5. The Morgan fingerprint density at radius 2 is 1.70 bits per heavy atom. The molecule has 0 bridgehead atoms. The molecule has 0 spiro atoms. The van der Waals surface area contributed by atoms with Gasteiger partial charge in [-0.15, -0.1) is 5.10 Å². The van der Waals surface area contributed by atoms with Crippen molar-refractivity contribution >= 4 is 13.5 Å². The number of nitrogens with zero attached hydrogens (tertiary/aromatic N) is 4. The highest BCUT2D eigenvalue weighted by molar-refractivity contribution is 7.53. The fourth-order valence-electron chi connectivity index (χ4n) is 3.69. The molecule has 174 valence electrons. The summed E-state index contributed by atoms with van der Waals surface area (Å²) in [6.45, 7) is 6.75. The van der Waals surface area contributed by atoms with Gasteiger partial charge < -0.3 is 20.2 Å². The Morgan fingerprint density at radius 3 is 2.21 bits per heavy atom. The molecule has 3 rings (SSSR count). The van der Waals surface area contributed by atoms with E-state index in [4.69, 9.17) is 0 Å². The van der Waals surface area contributed by atoms with Crippen molar-refractivity contribution in [1.82, 2.24) is 25.5 Å². The summed E-state index contributed by atoms with van der Waals surface area (Å²) in [5.41, 5.74) is 0.492. The average Bonchev–Trinajstić information content (AvgIpc) is 2.76. The van der Waals surface area contributed by atoms with E-state index in [2.05, 4.69) is 25.5 Å². The first-order chi connectivity index (χ1) is 15.5. The molecule has 0 radical (unpaired) electrons. The van der Waals surface area contributed by atoms with Gasteiger partial charge in [-0.3, -0.25) is 9.36 Å². The first kappa shape index (κ1) is 24.4. The minimum Gasteiger partial charge on any atom is -0.493 e. The molecular formula is C22H26N5O5P. The third-order valence-electron chi connectivity index (χ3n) is 5.31. The molecule has 2 aromatic heterocycles. The highest BCUT2D eigenvalue weighted by Crippen LogP contribution is 2.59. The van der Waals surface area contributed by atoms with Crippen molar-refractivity contribution < 1.29 is 24.3 Å². The number of nitrogens with one attached hydrogen (secondary N) is 1. The van der Waals surface area contributed by atoms with Gasteiger partial charge in [-0.2, -0.15) is 10.1 Å². The third-order valence-corrected chi connectivity index (χ3v) is 7.11. The lowest BCUT2D eigenvalue weighted by atomic mass is 9.94. The Morgan fingerprint density at radius 1 is 1.03 bits per heavy atom. The molecule has 4 N–H and O–H groups in total. The maximum atomic E-state index is 13.5. The molecular weight excluding hydrogens is 445 g/mol. The molecule has 0 aliphatic rings. The average molecular weight is 471 g/mol. The molecule has 0 aliphatic carbocycles. The minimum absolute atomic E-state index is 0.0778. The summed E-state index contributed by atoms with van der Waals surface area (Å²) < 4.78 is 12.8. The van der Waals surface area contributed by atoms with Crippen molar-refractivity contribution in [2.24, 2.45) is 5.92 Å². The normalized spacial score (nSPS) is 13.7. The zero-order valence-electron chi connectivity index (χ0n) is 18.7. The van der Waals surface area contributed by atoms with Gasteiger partial charge in [0.05, 0.1) is 5.69 Å². The van der Waals surface area contributed by atoms with Crippen LogP contribution in [-0.2, 0) is 9.85 Å². The van der Waals surface area contributed by atoms with E-state index >= 15 is 0 Å². The lowest BCUT2D eigenvalue weighted by Gasteiger charge is -2.39. The molecule has 0 saturated heterocycles. The van der Waals surface area contributed by atoms with E-state index in [1.807, 2.05) is 0 Å². The Labute approximate surface area is 191 Å².